The maximum atomic E-state index is 6.18. The fourth-order valence-corrected chi connectivity index (χ4v) is 2.95. The van der Waals surface area contributed by atoms with Gasteiger partial charge in [0.05, 0.1) is 18.6 Å². The molecule has 1 unspecified atom stereocenters. The van der Waals surface area contributed by atoms with Crippen molar-refractivity contribution in [3.63, 3.8) is 0 Å². The molecule has 0 amide bonds. The van der Waals surface area contributed by atoms with Crippen LogP contribution in [-0.2, 0) is 6.42 Å². The summed E-state index contributed by atoms with van der Waals surface area (Å²) in [5, 5.41) is 0. The molecule has 0 saturated carbocycles. The largest absolute Gasteiger partial charge is 0.493 e. The summed E-state index contributed by atoms with van der Waals surface area (Å²) in [4.78, 5) is 1.08. The lowest BCUT2D eigenvalue weighted by Gasteiger charge is -2.12. The molecular formula is C14H16ClNO2S. The predicted octanol–water partition coefficient (Wildman–Crippen LogP) is 3.66. The second-order valence-electron chi connectivity index (χ2n) is 4.14. The van der Waals surface area contributed by atoms with Gasteiger partial charge < -0.3 is 15.2 Å². The fraction of sp³-hybridized carbons (Fsp3) is 0.286. The molecule has 19 heavy (non-hydrogen) atoms. The Morgan fingerprint density at radius 3 is 2.47 bits per heavy atom. The Hall–Kier alpha value is -1.23. The molecule has 1 aromatic carbocycles. The van der Waals surface area contributed by atoms with Crippen molar-refractivity contribution in [1.82, 2.24) is 0 Å². The Morgan fingerprint density at radius 1 is 1.16 bits per heavy atom. The van der Waals surface area contributed by atoms with Crippen molar-refractivity contribution in [2.45, 2.75) is 12.5 Å². The molecule has 3 nitrogen and oxygen atoms in total. The molecule has 5 heteroatoms. The third-order valence-corrected chi connectivity index (χ3v) is 4.23. The zero-order valence-electron chi connectivity index (χ0n) is 10.9. The lowest BCUT2D eigenvalue weighted by atomic mass is 10.0. The van der Waals surface area contributed by atoms with Crippen LogP contribution < -0.4 is 15.2 Å². The highest BCUT2D eigenvalue weighted by atomic mass is 35.5. The van der Waals surface area contributed by atoms with Gasteiger partial charge in [-0.2, -0.15) is 0 Å². The highest BCUT2D eigenvalue weighted by Gasteiger charge is 2.12. The van der Waals surface area contributed by atoms with Gasteiger partial charge >= 0.3 is 0 Å². The van der Waals surface area contributed by atoms with Crippen molar-refractivity contribution in [1.29, 1.82) is 0 Å². The highest BCUT2D eigenvalue weighted by molar-refractivity contribution is 7.16. The van der Waals surface area contributed by atoms with Crippen LogP contribution in [0.3, 0.4) is 0 Å². The van der Waals surface area contributed by atoms with Gasteiger partial charge in [-0.1, -0.05) is 17.7 Å². The second-order valence-corrected chi connectivity index (χ2v) is 5.89. The van der Waals surface area contributed by atoms with Crippen LogP contribution in [0, 0.1) is 0 Å². The fourth-order valence-electron chi connectivity index (χ4n) is 1.89. The van der Waals surface area contributed by atoms with Crippen LogP contribution in [0.4, 0.5) is 0 Å². The minimum atomic E-state index is -0.0596. The molecule has 2 rings (SSSR count). The van der Waals surface area contributed by atoms with Gasteiger partial charge in [-0.25, -0.2) is 0 Å². The van der Waals surface area contributed by atoms with E-state index in [1.165, 1.54) is 11.3 Å². The van der Waals surface area contributed by atoms with Crippen LogP contribution in [0.1, 0.15) is 16.5 Å². The van der Waals surface area contributed by atoms with Gasteiger partial charge in [-0.3, -0.25) is 0 Å². The molecule has 0 saturated heterocycles. The van der Waals surface area contributed by atoms with E-state index in [1.54, 1.807) is 14.2 Å². The van der Waals surface area contributed by atoms with Crippen LogP contribution in [0.25, 0.3) is 0 Å². The maximum absolute atomic E-state index is 6.18. The van der Waals surface area contributed by atoms with Crippen molar-refractivity contribution in [2.75, 3.05) is 14.2 Å². The topological polar surface area (TPSA) is 44.5 Å². The van der Waals surface area contributed by atoms with Crippen LogP contribution in [0.2, 0.25) is 4.34 Å². The normalized spacial score (nSPS) is 12.2. The average Bonchev–Trinajstić information content (AvgIpc) is 2.85. The summed E-state index contributed by atoms with van der Waals surface area (Å²) in [6.07, 6.45) is 0.733. The van der Waals surface area contributed by atoms with Crippen LogP contribution in [0.15, 0.2) is 30.3 Å². The monoisotopic (exact) mass is 297 g/mol. The van der Waals surface area contributed by atoms with Crippen LogP contribution >= 0.6 is 22.9 Å². The Balaban J connectivity index is 2.14. The Bertz CT molecular complexity index is 556. The number of benzene rings is 1. The van der Waals surface area contributed by atoms with E-state index in [2.05, 4.69) is 0 Å². The molecule has 0 aliphatic rings. The van der Waals surface area contributed by atoms with Gasteiger partial charge in [0.2, 0.25) is 0 Å². The van der Waals surface area contributed by atoms with Gasteiger partial charge in [0, 0.05) is 10.9 Å². The summed E-state index contributed by atoms with van der Waals surface area (Å²) in [7, 11) is 3.25. The zero-order valence-corrected chi connectivity index (χ0v) is 12.4. The molecule has 0 aliphatic carbocycles. The van der Waals surface area contributed by atoms with E-state index in [1.807, 2.05) is 30.3 Å². The summed E-state index contributed by atoms with van der Waals surface area (Å²) < 4.78 is 11.3. The first-order valence-corrected chi connectivity index (χ1v) is 7.05. The summed E-state index contributed by atoms with van der Waals surface area (Å²) in [6, 6.07) is 9.62. The number of nitrogens with two attached hydrogens (primary N) is 1. The van der Waals surface area contributed by atoms with Crippen molar-refractivity contribution < 1.29 is 9.47 Å². The quantitative estimate of drug-likeness (QED) is 0.916. The molecule has 0 bridgehead atoms. The number of thiophene rings is 1. The number of hydrogen-bond donors (Lipinski definition) is 1. The van der Waals surface area contributed by atoms with E-state index in [9.17, 15) is 0 Å². The molecule has 0 aliphatic heterocycles. The summed E-state index contributed by atoms with van der Waals surface area (Å²) in [5.74, 6) is 1.44. The van der Waals surface area contributed by atoms with Crippen LogP contribution in [-0.4, -0.2) is 14.2 Å². The SMILES string of the molecule is COc1ccc(CC(N)c2ccc(Cl)s2)cc1OC. The molecule has 2 aromatic rings. The van der Waals surface area contributed by atoms with Crippen molar-refractivity contribution in [3.05, 3.63) is 45.1 Å². The Morgan fingerprint density at radius 2 is 1.89 bits per heavy atom. The van der Waals surface area contributed by atoms with Crippen molar-refractivity contribution in [3.8, 4) is 11.5 Å². The number of methoxy groups -OCH3 is 2. The lowest BCUT2D eigenvalue weighted by molar-refractivity contribution is 0.354. The molecule has 2 N–H and O–H groups in total. The predicted molar refractivity (Wildman–Crippen MR) is 79.5 cm³/mol. The van der Waals surface area contributed by atoms with Crippen molar-refractivity contribution in [2.24, 2.45) is 5.73 Å². The smallest absolute Gasteiger partial charge is 0.160 e. The van der Waals surface area contributed by atoms with E-state index in [0.29, 0.717) is 0 Å². The molecular weight excluding hydrogens is 282 g/mol. The standard InChI is InChI=1S/C14H16ClNO2S/c1-17-11-4-3-9(8-12(11)18-2)7-10(16)13-5-6-14(15)19-13/h3-6,8,10H,7,16H2,1-2H3. The molecule has 1 heterocycles. The molecule has 1 atom stereocenters. The minimum absolute atomic E-state index is 0.0596. The van der Waals surface area contributed by atoms with E-state index >= 15 is 0 Å². The van der Waals surface area contributed by atoms with E-state index in [0.717, 1.165) is 32.7 Å². The number of hydrogen-bond acceptors (Lipinski definition) is 4. The number of halogens is 1. The lowest BCUT2D eigenvalue weighted by Crippen LogP contribution is -2.11. The first-order chi connectivity index (χ1) is 9.13. The summed E-state index contributed by atoms with van der Waals surface area (Å²) in [6.45, 7) is 0. The average molecular weight is 298 g/mol. The molecule has 0 fully saturated rings. The number of rotatable bonds is 5. The summed E-state index contributed by atoms with van der Waals surface area (Å²) in [5.41, 5.74) is 7.29. The third-order valence-electron chi connectivity index (χ3n) is 2.86. The van der Waals surface area contributed by atoms with E-state index in [4.69, 9.17) is 26.8 Å². The van der Waals surface area contributed by atoms with Gasteiger partial charge in [0.1, 0.15) is 0 Å². The van der Waals surface area contributed by atoms with E-state index in [-0.39, 0.29) is 6.04 Å². The number of ether oxygens (including phenoxy) is 2. The van der Waals surface area contributed by atoms with Gasteiger partial charge in [0.25, 0.3) is 0 Å². The van der Waals surface area contributed by atoms with Gasteiger partial charge in [-0.15, -0.1) is 11.3 Å². The van der Waals surface area contributed by atoms with Crippen molar-refractivity contribution >= 4 is 22.9 Å². The molecule has 1 aromatic heterocycles. The first-order valence-electron chi connectivity index (χ1n) is 5.85. The Labute approximate surface area is 121 Å². The van der Waals surface area contributed by atoms with Gasteiger partial charge in [0.15, 0.2) is 11.5 Å². The highest BCUT2D eigenvalue weighted by Crippen LogP contribution is 2.31. The second kappa shape index (κ2) is 6.28. The van der Waals surface area contributed by atoms with E-state index < -0.39 is 0 Å². The minimum Gasteiger partial charge on any atom is -0.493 e. The molecule has 0 spiro atoms. The van der Waals surface area contributed by atoms with Crippen LogP contribution in [0.5, 0.6) is 11.5 Å². The summed E-state index contributed by atoms with van der Waals surface area (Å²) >= 11 is 7.44. The molecule has 102 valence electrons. The third kappa shape index (κ3) is 3.41. The van der Waals surface area contributed by atoms with Gasteiger partial charge in [-0.05, 0) is 36.2 Å². The maximum Gasteiger partial charge on any atom is 0.160 e. The molecule has 0 radical (unpaired) electrons. The zero-order chi connectivity index (χ0) is 13.8. The first kappa shape index (κ1) is 14.2. The Kier molecular flexibility index (Phi) is 4.69.